The molecule has 0 aliphatic carbocycles. The molecule has 0 bridgehead atoms. The van der Waals surface area contributed by atoms with Gasteiger partial charge < -0.3 is 24.6 Å². The van der Waals surface area contributed by atoms with E-state index >= 15 is 0 Å². The van der Waals surface area contributed by atoms with Crippen molar-refractivity contribution in [3.63, 3.8) is 0 Å². The van der Waals surface area contributed by atoms with E-state index in [1.165, 1.54) is 0 Å². The molecule has 7 heteroatoms. The summed E-state index contributed by atoms with van der Waals surface area (Å²) in [5.74, 6) is 0.787. The van der Waals surface area contributed by atoms with E-state index in [2.05, 4.69) is 5.32 Å². The molecule has 3 amide bonds. The molecule has 1 fully saturated rings. The zero-order valence-corrected chi connectivity index (χ0v) is 13.6. The van der Waals surface area contributed by atoms with Crippen LogP contribution in [0.2, 0.25) is 0 Å². The van der Waals surface area contributed by atoms with Crippen molar-refractivity contribution in [2.45, 2.75) is 13.5 Å². The smallest absolute Gasteiger partial charge is 0.409 e. The highest BCUT2D eigenvalue weighted by molar-refractivity contribution is 5.75. The van der Waals surface area contributed by atoms with Gasteiger partial charge in [0, 0.05) is 32.7 Å². The molecule has 1 aromatic rings. The van der Waals surface area contributed by atoms with Crippen LogP contribution in [0.3, 0.4) is 0 Å². The van der Waals surface area contributed by atoms with Crippen LogP contribution in [-0.4, -0.2) is 61.8 Å². The van der Waals surface area contributed by atoms with E-state index in [0.717, 1.165) is 11.3 Å². The third-order valence-corrected chi connectivity index (χ3v) is 3.70. The van der Waals surface area contributed by atoms with Crippen LogP contribution < -0.4 is 10.1 Å². The minimum Gasteiger partial charge on any atom is -0.497 e. The first kappa shape index (κ1) is 16.9. The van der Waals surface area contributed by atoms with E-state index in [9.17, 15) is 9.59 Å². The Morgan fingerprint density at radius 2 is 1.70 bits per heavy atom. The van der Waals surface area contributed by atoms with E-state index in [1.807, 2.05) is 24.3 Å². The van der Waals surface area contributed by atoms with Crippen LogP contribution in [0, 0.1) is 0 Å². The first-order chi connectivity index (χ1) is 11.1. The number of hydrogen-bond acceptors (Lipinski definition) is 4. The van der Waals surface area contributed by atoms with Crippen molar-refractivity contribution in [3.05, 3.63) is 29.8 Å². The van der Waals surface area contributed by atoms with Crippen LogP contribution in [0.15, 0.2) is 24.3 Å². The minimum absolute atomic E-state index is 0.121. The van der Waals surface area contributed by atoms with Crippen molar-refractivity contribution in [1.82, 2.24) is 15.1 Å². The lowest BCUT2D eigenvalue weighted by Crippen LogP contribution is -2.53. The highest BCUT2D eigenvalue weighted by Crippen LogP contribution is 2.11. The number of nitrogens with zero attached hydrogens (tertiary/aromatic N) is 2. The van der Waals surface area contributed by atoms with Crippen molar-refractivity contribution in [2.75, 3.05) is 39.9 Å². The van der Waals surface area contributed by atoms with Gasteiger partial charge in [-0.1, -0.05) is 12.1 Å². The molecule has 0 aromatic heterocycles. The summed E-state index contributed by atoms with van der Waals surface area (Å²) in [5, 5.41) is 2.89. The number of piperazine rings is 1. The van der Waals surface area contributed by atoms with Gasteiger partial charge in [-0.15, -0.1) is 0 Å². The number of carbonyl (C=O) groups is 2. The van der Waals surface area contributed by atoms with E-state index in [1.54, 1.807) is 23.8 Å². The lowest BCUT2D eigenvalue weighted by atomic mass is 10.2. The summed E-state index contributed by atoms with van der Waals surface area (Å²) in [4.78, 5) is 27.1. The second-order valence-corrected chi connectivity index (χ2v) is 5.18. The molecular weight excluding hydrogens is 298 g/mol. The number of carbonyl (C=O) groups excluding carboxylic acids is 2. The average molecular weight is 321 g/mol. The molecule has 2 rings (SSSR count). The zero-order chi connectivity index (χ0) is 16.7. The molecule has 1 aromatic carbocycles. The molecule has 1 aliphatic heterocycles. The van der Waals surface area contributed by atoms with Gasteiger partial charge in [-0.3, -0.25) is 0 Å². The molecule has 23 heavy (non-hydrogen) atoms. The predicted molar refractivity (Wildman–Crippen MR) is 85.4 cm³/mol. The monoisotopic (exact) mass is 321 g/mol. The fourth-order valence-corrected chi connectivity index (χ4v) is 2.34. The Kier molecular flexibility index (Phi) is 6.08. The maximum absolute atomic E-state index is 12.2. The third kappa shape index (κ3) is 4.77. The maximum atomic E-state index is 12.2. The number of amides is 3. The molecule has 1 N–H and O–H groups in total. The molecule has 0 unspecified atom stereocenters. The number of ether oxygens (including phenoxy) is 2. The van der Waals surface area contributed by atoms with Gasteiger partial charge in [0.1, 0.15) is 5.75 Å². The maximum Gasteiger partial charge on any atom is 0.409 e. The highest BCUT2D eigenvalue weighted by atomic mass is 16.6. The highest BCUT2D eigenvalue weighted by Gasteiger charge is 2.24. The van der Waals surface area contributed by atoms with Crippen LogP contribution in [0.5, 0.6) is 5.75 Å². The van der Waals surface area contributed by atoms with E-state index < -0.39 is 0 Å². The molecule has 1 saturated heterocycles. The Balaban J connectivity index is 1.75. The first-order valence-corrected chi connectivity index (χ1v) is 7.71. The predicted octanol–water partition coefficient (Wildman–Crippen LogP) is 1.68. The summed E-state index contributed by atoms with van der Waals surface area (Å²) in [6.07, 6.45) is -0.314. The summed E-state index contributed by atoms with van der Waals surface area (Å²) in [7, 11) is 1.62. The lowest BCUT2D eigenvalue weighted by Gasteiger charge is -2.34. The normalized spacial score (nSPS) is 14.3. The van der Waals surface area contributed by atoms with Gasteiger partial charge in [0.2, 0.25) is 0 Å². The van der Waals surface area contributed by atoms with Crippen molar-refractivity contribution in [2.24, 2.45) is 0 Å². The molecule has 0 spiro atoms. The Hall–Kier alpha value is -2.44. The Labute approximate surface area is 136 Å². The van der Waals surface area contributed by atoms with Crippen molar-refractivity contribution in [3.8, 4) is 5.75 Å². The second kappa shape index (κ2) is 8.26. The third-order valence-electron chi connectivity index (χ3n) is 3.70. The number of methoxy groups -OCH3 is 1. The van der Waals surface area contributed by atoms with Crippen LogP contribution in [-0.2, 0) is 11.3 Å². The second-order valence-electron chi connectivity index (χ2n) is 5.18. The molecule has 126 valence electrons. The van der Waals surface area contributed by atoms with Gasteiger partial charge >= 0.3 is 12.1 Å². The van der Waals surface area contributed by atoms with Crippen LogP contribution in [0.25, 0.3) is 0 Å². The summed E-state index contributed by atoms with van der Waals surface area (Å²) < 4.78 is 10.1. The number of rotatable bonds is 4. The van der Waals surface area contributed by atoms with Gasteiger partial charge in [0.15, 0.2) is 0 Å². The zero-order valence-electron chi connectivity index (χ0n) is 13.6. The minimum atomic E-state index is -0.314. The molecule has 0 atom stereocenters. The van der Waals surface area contributed by atoms with Crippen LogP contribution in [0.1, 0.15) is 12.5 Å². The van der Waals surface area contributed by atoms with Gasteiger partial charge in [0.25, 0.3) is 0 Å². The Bertz CT molecular complexity index is 525. The van der Waals surface area contributed by atoms with Gasteiger partial charge in [0.05, 0.1) is 13.7 Å². The molecule has 7 nitrogen and oxygen atoms in total. The lowest BCUT2D eigenvalue weighted by molar-refractivity contribution is 0.0851. The molecule has 1 heterocycles. The van der Waals surface area contributed by atoms with E-state index in [0.29, 0.717) is 39.3 Å². The van der Waals surface area contributed by atoms with Gasteiger partial charge in [-0.05, 0) is 24.6 Å². The largest absolute Gasteiger partial charge is 0.497 e. The summed E-state index contributed by atoms with van der Waals surface area (Å²) in [6.45, 7) is 4.60. The molecule has 1 aliphatic rings. The number of benzene rings is 1. The number of urea groups is 1. The standard InChI is InChI=1S/C16H23N3O4/c1-3-23-16(21)19-10-8-18(9-11-19)15(20)17-12-13-4-6-14(22-2)7-5-13/h4-7H,3,8-12H2,1-2H3,(H,17,20). The van der Waals surface area contributed by atoms with Crippen LogP contribution in [0.4, 0.5) is 9.59 Å². The van der Waals surface area contributed by atoms with Crippen molar-refractivity contribution in [1.29, 1.82) is 0 Å². The van der Waals surface area contributed by atoms with E-state index in [4.69, 9.17) is 9.47 Å². The molecule has 0 radical (unpaired) electrons. The Morgan fingerprint density at radius 3 is 2.26 bits per heavy atom. The van der Waals surface area contributed by atoms with Gasteiger partial charge in [-0.25, -0.2) is 9.59 Å². The quantitative estimate of drug-likeness (QED) is 0.916. The SMILES string of the molecule is CCOC(=O)N1CCN(C(=O)NCc2ccc(OC)cc2)CC1. The fraction of sp³-hybridized carbons (Fsp3) is 0.500. The molecule has 0 saturated carbocycles. The fourth-order valence-electron chi connectivity index (χ4n) is 2.34. The van der Waals surface area contributed by atoms with Crippen molar-refractivity contribution < 1.29 is 19.1 Å². The Morgan fingerprint density at radius 1 is 1.09 bits per heavy atom. The first-order valence-electron chi connectivity index (χ1n) is 7.71. The molecular formula is C16H23N3O4. The summed E-state index contributed by atoms with van der Waals surface area (Å²) in [5.41, 5.74) is 1.00. The average Bonchev–Trinajstić information content (AvgIpc) is 2.60. The van der Waals surface area contributed by atoms with E-state index in [-0.39, 0.29) is 12.1 Å². The summed E-state index contributed by atoms with van der Waals surface area (Å²) >= 11 is 0. The number of hydrogen-bond donors (Lipinski definition) is 1. The summed E-state index contributed by atoms with van der Waals surface area (Å²) in [6, 6.07) is 7.43. The van der Waals surface area contributed by atoms with Gasteiger partial charge in [-0.2, -0.15) is 0 Å². The van der Waals surface area contributed by atoms with Crippen LogP contribution >= 0.6 is 0 Å². The topological polar surface area (TPSA) is 71.1 Å². The number of nitrogens with one attached hydrogen (secondary N) is 1. The van der Waals surface area contributed by atoms with Crippen molar-refractivity contribution >= 4 is 12.1 Å².